The summed E-state index contributed by atoms with van der Waals surface area (Å²) in [7, 11) is 0. The fourth-order valence-electron chi connectivity index (χ4n) is 3.81. The largest absolute Gasteiger partial charge is 0.335 e. The quantitative estimate of drug-likeness (QED) is 0.837. The summed E-state index contributed by atoms with van der Waals surface area (Å²) in [5.74, 6) is 0.00906. The molecule has 26 heavy (non-hydrogen) atoms. The van der Waals surface area contributed by atoms with Crippen LogP contribution in [-0.2, 0) is 12.8 Å². The van der Waals surface area contributed by atoms with Gasteiger partial charge in [-0.05, 0) is 61.1 Å². The minimum Gasteiger partial charge on any atom is -0.335 e. The van der Waals surface area contributed by atoms with Gasteiger partial charge in [0.25, 0.3) is 11.8 Å². The number of aryl methyl sites for hydroxylation is 2. The highest BCUT2D eigenvalue weighted by atomic mass is 16.2. The number of aromatic nitrogens is 1. The Kier molecular flexibility index (Phi) is 4.69. The molecule has 5 heteroatoms. The summed E-state index contributed by atoms with van der Waals surface area (Å²) in [5, 5.41) is 0. The van der Waals surface area contributed by atoms with Crippen molar-refractivity contribution in [1.29, 1.82) is 0 Å². The lowest BCUT2D eigenvalue weighted by Gasteiger charge is -2.34. The molecule has 0 N–H and O–H groups in total. The van der Waals surface area contributed by atoms with Gasteiger partial charge in [-0.3, -0.25) is 14.6 Å². The molecule has 2 aromatic rings. The summed E-state index contributed by atoms with van der Waals surface area (Å²) in [4.78, 5) is 33.1. The SMILES string of the molecule is O=C(c1ccc2c(c1)CCCC2)N1CCN(C(=O)c2ccccn2)CC1. The molecule has 1 fully saturated rings. The number of hydrogen-bond acceptors (Lipinski definition) is 3. The summed E-state index contributed by atoms with van der Waals surface area (Å²) in [6.45, 7) is 2.22. The van der Waals surface area contributed by atoms with E-state index in [0.717, 1.165) is 18.4 Å². The van der Waals surface area contributed by atoms with E-state index in [1.54, 1.807) is 23.2 Å². The minimum atomic E-state index is -0.0634. The van der Waals surface area contributed by atoms with Gasteiger partial charge in [0.05, 0.1) is 0 Å². The number of carbonyl (C=O) groups is 2. The molecular formula is C21H23N3O2. The minimum absolute atomic E-state index is 0.0634. The summed E-state index contributed by atoms with van der Waals surface area (Å²) < 4.78 is 0. The van der Waals surface area contributed by atoms with Gasteiger partial charge in [0.1, 0.15) is 5.69 Å². The Labute approximate surface area is 153 Å². The van der Waals surface area contributed by atoms with E-state index in [0.29, 0.717) is 31.9 Å². The lowest BCUT2D eigenvalue weighted by atomic mass is 9.90. The van der Waals surface area contributed by atoms with Crippen LogP contribution in [0, 0.1) is 0 Å². The van der Waals surface area contributed by atoms with Gasteiger partial charge in [-0.15, -0.1) is 0 Å². The maximum atomic E-state index is 12.8. The predicted octanol–water partition coefficient (Wildman–Crippen LogP) is 2.56. The lowest BCUT2D eigenvalue weighted by Crippen LogP contribution is -2.50. The van der Waals surface area contributed by atoms with Crippen molar-refractivity contribution >= 4 is 11.8 Å². The van der Waals surface area contributed by atoms with E-state index in [9.17, 15) is 9.59 Å². The lowest BCUT2D eigenvalue weighted by molar-refractivity contribution is 0.0532. The second-order valence-corrected chi connectivity index (χ2v) is 6.99. The van der Waals surface area contributed by atoms with E-state index < -0.39 is 0 Å². The van der Waals surface area contributed by atoms with Crippen LogP contribution in [-0.4, -0.2) is 52.8 Å². The van der Waals surface area contributed by atoms with E-state index in [2.05, 4.69) is 17.1 Å². The fraction of sp³-hybridized carbons (Fsp3) is 0.381. The molecule has 0 unspecified atom stereocenters. The molecule has 0 atom stereocenters. The van der Waals surface area contributed by atoms with Crippen molar-refractivity contribution < 1.29 is 9.59 Å². The van der Waals surface area contributed by atoms with Crippen LogP contribution in [0.3, 0.4) is 0 Å². The van der Waals surface area contributed by atoms with Crippen molar-refractivity contribution in [2.24, 2.45) is 0 Å². The number of hydrogen-bond donors (Lipinski definition) is 0. The number of pyridine rings is 1. The van der Waals surface area contributed by atoms with Gasteiger partial charge in [-0.25, -0.2) is 0 Å². The molecule has 0 saturated carbocycles. The number of nitrogens with zero attached hydrogens (tertiary/aromatic N) is 3. The number of piperazine rings is 1. The first-order chi connectivity index (χ1) is 12.7. The molecule has 2 amide bonds. The van der Waals surface area contributed by atoms with Crippen molar-refractivity contribution in [3.8, 4) is 0 Å². The van der Waals surface area contributed by atoms with Crippen molar-refractivity contribution in [1.82, 2.24) is 14.8 Å². The molecule has 0 bridgehead atoms. The predicted molar refractivity (Wildman–Crippen MR) is 99.1 cm³/mol. The molecule has 0 spiro atoms. The summed E-state index contributed by atoms with van der Waals surface area (Å²) in [6, 6.07) is 11.5. The number of amides is 2. The van der Waals surface area contributed by atoms with Gasteiger partial charge in [0.15, 0.2) is 0 Å². The van der Waals surface area contributed by atoms with Crippen LogP contribution in [0.15, 0.2) is 42.6 Å². The molecule has 1 aromatic carbocycles. The first-order valence-corrected chi connectivity index (χ1v) is 9.34. The Hall–Kier alpha value is -2.69. The molecule has 1 saturated heterocycles. The third kappa shape index (κ3) is 3.34. The van der Waals surface area contributed by atoms with Crippen molar-refractivity contribution in [2.75, 3.05) is 26.2 Å². The maximum absolute atomic E-state index is 12.8. The van der Waals surface area contributed by atoms with Gasteiger partial charge < -0.3 is 9.80 Å². The van der Waals surface area contributed by atoms with Crippen LogP contribution in [0.1, 0.15) is 44.8 Å². The summed E-state index contributed by atoms with van der Waals surface area (Å²) in [5.41, 5.74) is 3.95. The standard InChI is InChI=1S/C21H23N3O2/c25-20(18-9-8-16-5-1-2-6-17(16)15-18)23-11-13-24(14-12-23)21(26)19-7-3-4-10-22-19/h3-4,7-10,15H,1-2,5-6,11-14H2. The Morgan fingerprint density at radius 2 is 1.50 bits per heavy atom. The monoisotopic (exact) mass is 349 g/mol. The molecule has 4 rings (SSSR count). The Morgan fingerprint density at radius 1 is 0.808 bits per heavy atom. The van der Waals surface area contributed by atoms with Crippen molar-refractivity contribution in [3.63, 3.8) is 0 Å². The first kappa shape index (κ1) is 16.8. The summed E-state index contributed by atoms with van der Waals surface area (Å²) >= 11 is 0. The van der Waals surface area contributed by atoms with Crippen LogP contribution < -0.4 is 0 Å². The third-order valence-corrected chi connectivity index (χ3v) is 5.33. The highest BCUT2D eigenvalue weighted by Gasteiger charge is 2.26. The van der Waals surface area contributed by atoms with Gasteiger partial charge in [0, 0.05) is 37.9 Å². The van der Waals surface area contributed by atoms with Crippen LogP contribution in [0.25, 0.3) is 0 Å². The highest BCUT2D eigenvalue weighted by Crippen LogP contribution is 2.23. The van der Waals surface area contributed by atoms with Crippen molar-refractivity contribution in [2.45, 2.75) is 25.7 Å². The van der Waals surface area contributed by atoms with E-state index in [1.807, 2.05) is 17.0 Å². The molecule has 5 nitrogen and oxygen atoms in total. The van der Waals surface area contributed by atoms with Gasteiger partial charge >= 0.3 is 0 Å². The van der Waals surface area contributed by atoms with Crippen LogP contribution >= 0.6 is 0 Å². The molecule has 2 heterocycles. The molecule has 1 aliphatic heterocycles. The van der Waals surface area contributed by atoms with E-state index in [4.69, 9.17) is 0 Å². The highest BCUT2D eigenvalue weighted by molar-refractivity contribution is 5.95. The number of benzene rings is 1. The zero-order valence-corrected chi connectivity index (χ0v) is 14.9. The zero-order valence-electron chi connectivity index (χ0n) is 14.9. The molecular weight excluding hydrogens is 326 g/mol. The van der Waals surface area contributed by atoms with E-state index >= 15 is 0 Å². The smallest absolute Gasteiger partial charge is 0.272 e. The van der Waals surface area contributed by atoms with Crippen molar-refractivity contribution in [3.05, 3.63) is 65.0 Å². The second kappa shape index (κ2) is 7.28. The van der Waals surface area contributed by atoms with Crippen LogP contribution in [0.4, 0.5) is 0 Å². The van der Waals surface area contributed by atoms with E-state index in [1.165, 1.54) is 24.0 Å². The third-order valence-electron chi connectivity index (χ3n) is 5.33. The number of rotatable bonds is 2. The molecule has 2 aliphatic rings. The van der Waals surface area contributed by atoms with Gasteiger partial charge in [-0.2, -0.15) is 0 Å². The average molecular weight is 349 g/mol. The molecule has 134 valence electrons. The second-order valence-electron chi connectivity index (χ2n) is 6.99. The Bertz CT molecular complexity index is 811. The number of carbonyl (C=O) groups excluding carboxylic acids is 2. The van der Waals surface area contributed by atoms with Crippen LogP contribution in [0.2, 0.25) is 0 Å². The van der Waals surface area contributed by atoms with E-state index in [-0.39, 0.29) is 11.8 Å². The number of fused-ring (bicyclic) bond motifs is 1. The topological polar surface area (TPSA) is 53.5 Å². The Balaban J connectivity index is 1.40. The molecule has 0 radical (unpaired) electrons. The fourth-order valence-corrected chi connectivity index (χ4v) is 3.81. The Morgan fingerprint density at radius 3 is 2.19 bits per heavy atom. The average Bonchev–Trinajstić information content (AvgIpc) is 2.73. The molecule has 1 aromatic heterocycles. The zero-order chi connectivity index (χ0) is 17.9. The molecule has 1 aliphatic carbocycles. The maximum Gasteiger partial charge on any atom is 0.272 e. The first-order valence-electron chi connectivity index (χ1n) is 9.34. The van der Waals surface area contributed by atoms with Gasteiger partial charge in [0.2, 0.25) is 0 Å². The summed E-state index contributed by atoms with van der Waals surface area (Å²) in [6.07, 6.45) is 6.27. The van der Waals surface area contributed by atoms with Gasteiger partial charge in [-0.1, -0.05) is 12.1 Å². The van der Waals surface area contributed by atoms with Crippen LogP contribution in [0.5, 0.6) is 0 Å². The normalized spacial score (nSPS) is 16.9.